The zero-order valence-electron chi connectivity index (χ0n) is 11.7. The Balaban J connectivity index is 1.71. The molecule has 6 nitrogen and oxygen atoms in total. The highest BCUT2D eigenvalue weighted by Crippen LogP contribution is 2.32. The Morgan fingerprint density at radius 1 is 1.33 bits per heavy atom. The first-order chi connectivity index (χ1) is 10.2. The average Bonchev–Trinajstić information content (AvgIpc) is 3.17. The van der Waals surface area contributed by atoms with Gasteiger partial charge in [-0.1, -0.05) is 11.2 Å². The van der Waals surface area contributed by atoms with Crippen LogP contribution in [-0.4, -0.2) is 35.8 Å². The SMILES string of the molecule is O=c1[nH]c(CC2CC2)nc2c1cnn2C1CC[S+]([O-])CC1. The van der Waals surface area contributed by atoms with E-state index >= 15 is 0 Å². The van der Waals surface area contributed by atoms with Crippen LogP contribution in [0.15, 0.2) is 11.0 Å². The Morgan fingerprint density at radius 3 is 2.81 bits per heavy atom. The number of aromatic amines is 1. The van der Waals surface area contributed by atoms with E-state index in [2.05, 4.69) is 15.1 Å². The van der Waals surface area contributed by atoms with Crippen LogP contribution in [0.3, 0.4) is 0 Å². The van der Waals surface area contributed by atoms with E-state index in [1.807, 2.05) is 4.68 Å². The molecule has 1 aliphatic carbocycles. The molecule has 1 N–H and O–H groups in total. The third-order valence-electron chi connectivity index (χ3n) is 4.39. The number of hydrogen-bond acceptors (Lipinski definition) is 4. The summed E-state index contributed by atoms with van der Waals surface area (Å²) in [7, 11) is 0. The maximum Gasteiger partial charge on any atom is 0.262 e. The van der Waals surface area contributed by atoms with Crippen molar-refractivity contribution in [2.75, 3.05) is 11.5 Å². The molecule has 2 aromatic rings. The van der Waals surface area contributed by atoms with Crippen LogP contribution in [0.5, 0.6) is 0 Å². The van der Waals surface area contributed by atoms with E-state index in [1.165, 1.54) is 12.8 Å². The van der Waals surface area contributed by atoms with Gasteiger partial charge in [0.25, 0.3) is 5.56 Å². The number of fused-ring (bicyclic) bond motifs is 1. The summed E-state index contributed by atoms with van der Waals surface area (Å²) in [5.74, 6) is 2.88. The van der Waals surface area contributed by atoms with Crippen molar-refractivity contribution in [3.8, 4) is 0 Å². The molecule has 0 spiro atoms. The molecule has 1 saturated carbocycles. The minimum absolute atomic E-state index is 0.0960. The van der Waals surface area contributed by atoms with Crippen molar-refractivity contribution in [2.45, 2.75) is 38.1 Å². The quantitative estimate of drug-likeness (QED) is 0.862. The first kappa shape index (κ1) is 13.3. The fraction of sp³-hybridized carbons (Fsp3) is 0.643. The minimum atomic E-state index is -0.694. The molecule has 0 amide bonds. The molecule has 3 heterocycles. The van der Waals surface area contributed by atoms with Crippen molar-refractivity contribution in [1.82, 2.24) is 19.7 Å². The molecule has 0 unspecified atom stereocenters. The van der Waals surface area contributed by atoms with Gasteiger partial charge >= 0.3 is 0 Å². The van der Waals surface area contributed by atoms with E-state index in [0.29, 0.717) is 28.5 Å². The summed E-state index contributed by atoms with van der Waals surface area (Å²) in [5, 5.41) is 4.93. The Labute approximate surface area is 125 Å². The molecule has 112 valence electrons. The number of nitrogens with zero attached hydrogens (tertiary/aromatic N) is 3. The first-order valence-corrected chi connectivity index (χ1v) is 9.01. The maximum atomic E-state index is 12.2. The van der Waals surface area contributed by atoms with Gasteiger partial charge in [0.15, 0.2) is 5.65 Å². The van der Waals surface area contributed by atoms with Crippen LogP contribution in [0.4, 0.5) is 0 Å². The molecule has 2 aromatic heterocycles. The standard InChI is InChI=1S/C14H18N4O2S/c19-14-11-8-15-18(10-3-5-21(20)6-4-10)13(11)16-12(17-14)7-9-1-2-9/h8-10H,1-7H2,(H,16,17,19). The van der Waals surface area contributed by atoms with E-state index in [1.54, 1.807) is 6.20 Å². The van der Waals surface area contributed by atoms with Crippen molar-refractivity contribution in [1.29, 1.82) is 0 Å². The van der Waals surface area contributed by atoms with E-state index in [0.717, 1.165) is 25.1 Å². The van der Waals surface area contributed by atoms with Gasteiger partial charge in [0.1, 0.15) is 22.7 Å². The molecular formula is C14H18N4O2S. The summed E-state index contributed by atoms with van der Waals surface area (Å²) in [6.45, 7) is 0. The lowest BCUT2D eigenvalue weighted by Gasteiger charge is -2.24. The summed E-state index contributed by atoms with van der Waals surface area (Å²) in [4.78, 5) is 19.7. The van der Waals surface area contributed by atoms with Crippen LogP contribution in [-0.2, 0) is 17.6 Å². The number of H-pyrrole nitrogens is 1. The number of hydrogen-bond donors (Lipinski definition) is 1. The van der Waals surface area contributed by atoms with Crippen LogP contribution in [0.2, 0.25) is 0 Å². The minimum Gasteiger partial charge on any atom is -0.616 e. The second-order valence-electron chi connectivity index (χ2n) is 6.07. The molecule has 4 rings (SSSR count). The van der Waals surface area contributed by atoms with Crippen LogP contribution < -0.4 is 5.56 Å². The molecule has 1 saturated heterocycles. The normalized spacial score (nSPS) is 26.3. The molecule has 7 heteroatoms. The lowest BCUT2D eigenvalue weighted by Crippen LogP contribution is -2.26. The first-order valence-electron chi connectivity index (χ1n) is 7.52. The number of nitrogens with one attached hydrogen (secondary N) is 1. The molecule has 2 fully saturated rings. The zero-order chi connectivity index (χ0) is 14.4. The second-order valence-corrected chi connectivity index (χ2v) is 7.76. The van der Waals surface area contributed by atoms with Crippen LogP contribution in [0, 0.1) is 5.92 Å². The molecular weight excluding hydrogens is 288 g/mol. The average molecular weight is 306 g/mol. The largest absolute Gasteiger partial charge is 0.616 e. The van der Waals surface area contributed by atoms with Crippen molar-refractivity contribution in [2.24, 2.45) is 5.92 Å². The van der Waals surface area contributed by atoms with Crippen LogP contribution >= 0.6 is 0 Å². The van der Waals surface area contributed by atoms with E-state index in [9.17, 15) is 9.35 Å². The summed E-state index contributed by atoms with van der Waals surface area (Å²) < 4.78 is 13.4. The fourth-order valence-electron chi connectivity index (χ4n) is 2.97. The Hall–Kier alpha value is -1.34. The van der Waals surface area contributed by atoms with E-state index in [-0.39, 0.29) is 11.6 Å². The maximum absolute atomic E-state index is 12.2. The number of aromatic nitrogens is 4. The number of rotatable bonds is 3. The van der Waals surface area contributed by atoms with Gasteiger partial charge in [-0.25, -0.2) is 9.67 Å². The van der Waals surface area contributed by atoms with Crippen molar-refractivity contribution < 1.29 is 4.55 Å². The highest BCUT2D eigenvalue weighted by molar-refractivity contribution is 7.91. The summed E-state index contributed by atoms with van der Waals surface area (Å²) >= 11 is -0.694. The van der Waals surface area contributed by atoms with Gasteiger partial charge in [-0.05, 0) is 18.8 Å². The van der Waals surface area contributed by atoms with Crippen molar-refractivity contribution in [3.05, 3.63) is 22.4 Å². The lowest BCUT2D eigenvalue weighted by molar-refractivity contribution is 0.422. The monoisotopic (exact) mass is 306 g/mol. The third kappa shape index (κ3) is 2.60. The fourth-order valence-corrected chi connectivity index (χ4v) is 4.24. The van der Waals surface area contributed by atoms with Gasteiger partial charge in [-0.2, -0.15) is 5.10 Å². The Kier molecular flexibility index (Phi) is 3.26. The van der Waals surface area contributed by atoms with Gasteiger partial charge in [0.2, 0.25) is 0 Å². The third-order valence-corrected chi connectivity index (χ3v) is 5.78. The van der Waals surface area contributed by atoms with Gasteiger partial charge in [0, 0.05) is 19.3 Å². The predicted molar refractivity (Wildman–Crippen MR) is 80.7 cm³/mol. The molecule has 0 atom stereocenters. The lowest BCUT2D eigenvalue weighted by atomic mass is 10.1. The summed E-state index contributed by atoms with van der Waals surface area (Å²) in [6.07, 6.45) is 6.61. The van der Waals surface area contributed by atoms with Gasteiger partial charge < -0.3 is 9.54 Å². The topological polar surface area (TPSA) is 86.6 Å². The summed E-state index contributed by atoms with van der Waals surface area (Å²) in [6, 6.07) is 0.211. The van der Waals surface area contributed by atoms with E-state index in [4.69, 9.17) is 0 Å². The smallest absolute Gasteiger partial charge is 0.262 e. The zero-order valence-corrected chi connectivity index (χ0v) is 12.6. The predicted octanol–water partition coefficient (Wildman–Crippen LogP) is 1.16. The van der Waals surface area contributed by atoms with Gasteiger partial charge in [0.05, 0.1) is 12.2 Å². The highest BCUT2D eigenvalue weighted by Gasteiger charge is 2.27. The molecule has 0 aromatic carbocycles. The van der Waals surface area contributed by atoms with Crippen LogP contribution in [0.1, 0.15) is 37.5 Å². The molecule has 0 bridgehead atoms. The molecule has 1 aliphatic heterocycles. The molecule has 2 aliphatic rings. The Bertz CT molecular complexity index is 713. The van der Waals surface area contributed by atoms with Crippen molar-refractivity contribution >= 4 is 22.2 Å². The second kappa shape index (κ2) is 5.14. The summed E-state index contributed by atoms with van der Waals surface area (Å²) in [5.41, 5.74) is 0.591. The highest BCUT2D eigenvalue weighted by atomic mass is 32.2. The van der Waals surface area contributed by atoms with Crippen LogP contribution in [0.25, 0.3) is 11.0 Å². The molecule has 21 heavy (non-hydrogen) atoms. The molecule has 0 radical (unpaired) electrons. The van der Waals surface area contributed by atoms with Crippen molar-refractivity contribution in [3.63, 3.8) is 0 Å². The van der Waals surface area contributed by atoms with Gasteiger partial charge in [-0.15, -0.1) is 0 Å². The van der Waals surface area contributed by atoms with E-state index < -0.39 is 11.2 Å². The Morgan fingerprint density at radius 2 is 2.10 bits per heavy atom. The van der Waals surface area contributed by atoms with Gasteiger partial charge in [-0.3, -0.25) is 4.79 Å².